The van der Waals surface area contributed by atoms with E-state index in [0.29, 0.717) is 5.88 Å². The van der Waals surface area contributed by atoms with Crippen molar-refractivity contribution >= 4 is 11.8 Å². The SMILES string of the molecule is C[C@H](N)C(=O)Nc1cnco1. The van der Waals surface area contributed by atoms with E-state index in [0.717, 1.165) is 0 Å². The Bertz CT molecular complexity index is 230. The number of nitrogens with one attached hydrogen (secondary N) is 1. The van der Waals surface area contributed by atoms with Gasteiger partial charge in [0.15, 0.2) is 6.39 Å². The maximum Gasteiger partial charge on any atom is 0.243 e. The van der Waals surface area contributed by atoms with Gasteiger partial charge < -0.3 is 10.2 Å². The molecule has 0 radical (unpaired) electrons. The highest BCUT2D eigenvalue weighted by Gasteiger charge is 2.08. The largest absolute Gasteiger partial charge is 0.428 e. The summed E-state index contributed by atoms with van der Waals surface area (Å²) in [6.07, 6.45) is 2.64. The molecular weight excluding hydrogens is 146 g/mol. The van der Waals surface area contributed by atoms with Crippen LogP contribution in [0.25, 0.3) is 0 Å². The molecule has 1 aromatic rings. The molecule has 0 bridgehead atoms. The molecule has 0 fully saturated rings. The summed E-state index contributed by atoms with van der Waals surface area (Å²) in [7, 11) is 0. The van der Waals surface area contributed by atoms with E-state index in [1.165, 1.54) is 12.6 Å². The van der Waals surface area contributed by atoms with Crippen LogP contribution in [0.3, 0.4) is 0 Å². The van der Waals surface area contributed by atoms with E-state index < -0.39 is 6.04 Å². The number of rotatable bonds is 2. The minimum Gasteiger partial charge on any atom is -0.428 e. The van der Waals surface area contributed by atoms with Gasteiger partial charge in [0.2, 0.25) is 11.8 Å². The molecule has 0 aliphatic heterocycles. The molecule has 0 aromatic carbocycles. The Kier molecular flexibility index (Phi) is 2.22. The highest BCUT2D eigenvalue weighted by molar-refractivity contribution is 5.93. The fraction of sp³-hybridized carbons (Fsp3) is 0.333. The minimum absolute atomic E-state index is 0.290. The molecular formula is C6H9N3O2. The first-order valence-electron chi connectivity index (χ1n) is 3.15. The van der Waals surface area contributed by atoms with Crippen LogP contribution in [0.2, 0.25) is 0 Å². The van der Waals surface area contributed by atoms with Crippen molar-refractivity contribution in [1.82, 2.24) is 4.98 Å². The lowest BCUT2D eigenvalue weighted by Crippen LogP contribution is -2.32. The number of oxazole rings is 1. The summed E-state index contributed by atoms with van der Waals surface area (Å²) in [4.78, 5) is 14.5. The standard InChI is InChI=1S/C6H9N3O2/c1-4(7)6(10)9-5-2-8-3-11-5/h2-4H,7H2,1H3,(H,9,10)/t4-/m0/s1. The summed E-state index contributed by atoms with van der Waals surface area (Å²) in [5.74, 6) is 0.0223. The average Bonchev–Trinajstić information content (AvgIpc) is 2.39. The number of aromatic nitrogens is 1. The first-order valence-corrected chi connectivity index (χ1v) is 3.15. The van der Waals surface area contributed by atoms with Crippen LogP contribution < -0.4 is 11.1 Å². The van der Waals surface area contributed by atoms with Crippen LogP contribution in [0.5, 0.6) is 0 Å². The first kappa shape index (κ1) is 7.74. The van der Waals surface area contributed by atoms with Crippen LogP contribution in [0, 0.1) is 0 Å². The smallest absolute Gasteiger partial charge is 0.243 e. The fourth-order valence-corrected chi connectivity index (χ4v) is 0.513. The van der Waals surface area contributed by atoms with Crippen molar-refractivity contribution in [1.29, 1.82) is 0 Å². The zero-order valence-corrected chi connectivity index (χ0v) is 6.07. The van der Waals surface area contributed by atoms with Crippen LogP contribution in [-0.2, 0) is 4.79 Å². The fourth-order valence-electron chi connectivity index (χ4n) is 0.513. The van der Waals surface area contributed by atoms with Gasteiger partial charge >= 0.3 is 0 Å². The van der Waals surface area contributed by atoms with Gasteiger partial charge in [-0.15, -0.1) is 0 Å². The molecule has 11 heavy (non-hydrogen) atoms. The zero-order valence-electron chi connectivity index (χ0n) is 6.07. The Labute approximate surface area is 63.6 Å². The maximum absolute atomic E-state index is 10.9. The predicted octanol–water partition coefficient (Wildman–Crippen LogP) is -0.0397. The molecule has 0 spiro atoms. The topological polar surface area (TPSA) is 81.2 Å². The number of carbonyl (C=O) groups excluding carboxylic acids is 1. The summed E-state index contributed by atoms with van der Waals surface area (Å²) >= 11 is 0. The number of nitrogens with zero attached hydrogens (tertiary/aromatic N) is 1. The summed E-state index contributed by atoms with van der Waals surface area (Å²) in [6.45, 7) is 1.59. The summed E-state index contributed by atoms with van der Waals surface area (Å²) in [5, 5.41) is 2.43. The second-order valence-corrected chi connectivity index (χ2v) is 2.14. The van der Waals surface area contributed by atoms with E-state index in [1.54, 1.807) is 6.92 Å². The lowest BCUT2D eigenvalue weighted by atomic mass is 10.3. The third kappa shape index (κ3) is 2.05. The van der Waals surface area contributed by atoms with Gasteiger partial charge in [-0.25, -0.2) is 4.98 Å². The van der Waals surface area contributed by atoms with Crippen LogP contribution in [0.15, 0.2) is 17.0 Å². The molecule has 1 amide bonds. The average molecular weight is 155 g/mol. The third-order valence-corrected chi connectivity index (χ3v) is 1.09. The minimum atomic E-state index is -0.542. The van der Waals surface area contributed by atoms with Gasteiger partial charge in [-0.3, -0.25) is 10.1 Å². The predicted molar refractivity (Wildman–Crippen MR) is 38.8 cm³/mol. The number of carbonyl (C=O) groups is 1. The first-order chi connectivity index (χ1) is 5.20. The molecule has 1 atom stereocenters. The second kappa shape index (κ2) is 3.16. The molecule has 3 N–H and O–H groups in total. The Morgan fingerprint density at radius 1 is 1.91 bits per heavy atom. The van der Waals surface area contributed by atoms with Crippen molar-refractivity contribution in [3.05, 3.63) is 12.6 Å². The number of hydrogen-bond donors (Lipinski definition) is 2. The van der Waals surface area contributed by atoms with Gasteiger partial charge in [0, 0.05) is 0 Å². The molecule has 0 aliphatic carbocycles. The van der Waals surface area contributed by atoms with Crippen LogP contribution in [-0.4, -0.2) is 16.9 Å². The summed E-state index contributed by atoms with van der Waals surface area (Å²) < 4.78 is 4.76. The van der Waals surface area contributed by atoms with Crippen molar-refractivity contribution in [3.8, 4) is 0 Å². The lowest BCUT2D eigenvalue weighted by molar-refractivity contribution is -0.117. The molecule has 1 heterocycles. The van der Waals surface area contributed by atoms with Crippen molar-refractivity contribution in [2.75, 3.05) is 5.32 Å². The number of hydrogen-bond acceptors (Lipinski definition) is 4. The van der Waals surface area contributed by atoms with Gasteiger partial charge in [0.05, 0.1) is 12.2 Å². The molecule has 1 aromatic heterocycles. The lowest BCUT2D eigenvalue weighted by Gasteiger charge is -2.02. The Morgan fingerprint density at radius 3 is 3.09 bits per heavy atom. The molecule has 5 nitrogen and oxygen atoms in total. The Hall–Kier alpha value is -1.36. The molecule has 1 rings (SSSR count). The van der Waals surface area contributed by atoms with Crippen LogP contribution >= 0.6 is 0 Å². The highest BCUT2D eigenvalue weighted by Crippen LogP contribution is 2.02. The Morgan fingerprint density at radius 2 is 2.64 bits per heavy atom. The summed E-state index contributed by atoms with van der Waals surface area (Å²) in [5.41, 5.74) is 5.28. The van der Waals surface area contributed by atoms with Gasteiger partial charge in [0.1, 0.15) is 0 Å². The number of amides is 1. The van der Waals surface area contributed by atoms with E-state index in [2.05, 4.69) is 10.3 Å². The molecule has 0 saturated carbocycles. The number of anilines is 1. The van der Waals surface area contributed by atoms with Crippen molar-refractivity contribution < 1.29 is 9.21 Å². The van der Waals surface area contributed by atoms with Gasteiger partial charge in [0.25, 0.3) is 0 Å². The van der Waals surface area contributed by atoms with E-state index >= 15 is 0 Å². The van der Waals surface area contributed by atoms with E-state index in [4.69, 9.17) is 10.2 Å². The zero-order chi connectivity index (χ0) is 8.27. The molecule has 0 unspecified atom stereocenters. The normalized spacial score (nSPS) is 12.5. The van der Waals surface area contributed by atoms with Crippen LogP contribution in [0.4, 0.5) is 5.88 Å². The maximum atomic E-state index is 10.9. The van der Waals surface area contributed by atoms with Gasteiger partial charge in [-0.05, 0) is 6.92 Å². The van der Waals surface area contributed by atoms with Gasteiger partial charge in [-0.1, -0.05) is 0 Å². The second-order valence-electron chi connectivity index (χ2n) is 2.14. The van der Waals surface area contributed by atoms with Crippen molar-refractivity contribution in [2.24, 2.45) is 5.73 Å². The van der Waals surface area contributed by atoms with Gasteiger partial charge in [-0.2, -0.15) is 0 Å². The highest BCUT2D eigenvalue weighted by atomic mass is 16.4. The molecule has 5 heteroatoms. The van der Waals surface area contributed by atoms with Crippen molar-refractivity contribution in [2.45, 2.75) is 13.0 Å². The summed E-state index contributed by atoms with van der Waals surface area (Å²) in [6, 6.07) is -0.542. The molecule has 60 valence electrons. The Balaban J connectivity index is 2.50. The van der Waals surface area contributed by atoms with Crippen LogP contribution in [0.1, 0.15) is 6.92 Å². The quantitative estimate of drug-likeness (QED) is 0.627. The number of nitrogens with two attached hydrogens (primary N) is 1. The van der Waals surface area contributed by atoms with Crippen molar-refractivity contribution in [3.63, 3.8) is 0 Å². The molecule has 0 saturated heterocycles. The van der Waals surface area contributed by atoms with E-state index in [9.17, 15) is 4.79 Å². The third-order valence-electron chi connectivity index (χ3n) is 1.09. The monoisotopic (exact) mass is 155 g/mol. The van der Waals surface area contributed by atoms with E-state index in [-0.39, 0.29) is 5.91 Å². The van der Waals surface area contributed by atoms with E-state index in [1.807, 2.05) is 0 Å². The molecule has 0 aliphatic rings.